The van der Waals surface area contributed by atoms with E-state index in [1.54, 1.807) is 18.2 Å². The monoisotopic (exact) mass is 382 g/mol. The SMILES string of the molecule is CCCCCCCCCCNC(=O)C(=O)Nc1cccc(Br)c1. The fourth-order valence-corrected chi connectivity index (χ4v) is 2.69. The van der Waals surface area contributed by atoms with Crippen LogP contribution in [0.3, 0.4) is 0 Å². The summed E-state index contributed by atoms with van der Waals surface area (Å²) in [4.78, 5) is 23.5. The van der Waals surface area contributed by atoms with Gasteiger partial charge < -0.3 is 10.6 Å². The third-order valence-corrected chi connectivity index (χ3v) is 4.10. The molecule has 0 bridgehead atoms. The smallest absolute Gasteiger partial charge is 0.313 e. The van der Waals surface area contributed by atoms with Crippen LogP contribution in [0.4, 0.5) is 5.69 Å². The highest BCUT2D eigenvalue weighted by Gasteiger charge is 2.12. The molecule has 2 N–H and O–H groups in total. The molecule has 1 aromatic rings. The number of amides is 2. The Bertz CT molecular complexity index is 492. The summed E-state index contributed by atoms with van der Waals surface area (Å²) in [5.74, 6) is -1.20. The van der Waals surface area contributed by atoms with Gasteiger partial charge in [-0.15, -0.1) is 0 Å². The lowest BCUT2D eigenvalue weighted by molar-refractivity contribution is -0.136. The van der Waals surface area contributed by atoms with Gasteiger partial charge in [-0.1, -0.05) is 73.9 Å². The topological polar surface area (TPSA) is 58.2 Å². The largest absolute Gasteiger partial charge is 0.348 e. The molecular formula is C18H27BrN2O2. The average Bonchev–Trinajstić information content (AvgIpc) is 2.53. The Morgan fingerprint density at radius 3 is 2.26 bits per heavy atom. The van der Waals surface area contributed by atoms with Gasteiger partial charge in [0.05, 0.1) is 0 Å². The van der Waals surface area contributed by atoms with Gasteiger partial charge in [0, 0.05) is 16.7 Å². The number of carbonyl (C=O) groups is 2. The maximum atomic E-state index is 11.8. The summed E-state index contributed by atoms with van der Waals surface area (Å²) in [7, 11) is 0. The predicted molar refractivity (Wildman–Crippen MR) is 98.4 cm³/mol. The summed E-state index contributed by atoms with van der Waals surface area (Å²) < 4.78 is 0.856. The van der Waals surface area contributed by atoms with E-state index in [0.717, 1.165) is 17.3 Å². The third-order valence-electron chi connectivity index (χ3n) is 3.60. The number of halogens is 1. The molecule has 0 aliphatic rings. The predicted octanol–water partition coefficient (Wildman–Crippen LogP) is 4.64. The quantitative estimate of drug-likeness (QED) is 0.457. The van der Waals surface area contributed by atoms with Crippen molar-refractivity contribution in [1.29, 1.82) is 0 Å². The highest BCUT2D eigenvalue weighted by atomic mass is 79.9. The van der Waals surface area contributed by atoms with Crippen molar-refractivity contribution >= 4 is 33.4 Å². The minimum Gasteiger partial charge on any atom is -0.348 e. The van der Waals surface area contributed by atoms with E-state index in [1.165, 1.54) is 38.5 Å². The Kier molecular flexibility index (Phi) is 10.4. The Balaban J connectivity index is 2.08. The maximum absolute atomic E-state index is 11.8. The molecule has 0 fully saturated rings. The van der Waals surface area contributed by atoms with E-state index in [9.17, 15) is 9.59 Å². The molecule has 0 spiro atoms. The van der Waals surface area contributed by atoms with Crippen molar-refractivity contribution in [3.8, 4) is 0 Å². The third kappa shape index (κ3) is 9.39. The minimum absolute atomic E-state index is 0.555. The Morgan fingerprint density at radius 2 is 1.61 bits per heavy atom. The van der Waals surface area contributed by atoms with Crippen LogP contribution in [0, 0.1) is 0 Å². The first-order chi connectivity index (χ1) is 11.1. The van der Waals surface area contributed by atoms with Crippen LogP contribution >= 0.6 is 15.9 Å². The molecule has 0 aliphatic carbocycles. The van der Waals surface area contributed by atoms with Crippen LogP contribution < -0.4 is 10.6 Å². The number of hydrogen-bond donors (Lipinski definition) is 2. The zero-order valence-electron chi connectivity index (χ0n) is 13.9. The highest BCUT2D eigenvalue weighted by molar-refractivity contribution is 9.10. The molecule has 128 valence electrons. The molecule has 1 rings (SSSR count). The van der Waals surface area contributed by atoms with Gasteiger partial charge >= 0.3 is 11.8 Å². The number of anilines is 1. The zero-order chi connectivity index (χ0) is 16.9. The number of unbranched alkanes of at least 4 members (excludes halogenated alkanes) is 7. The average molecular weight is 383 g/mol. The van der Waals surface area contributed by atoms with Crippen molar-refractivity contribution < 1.29 is 9.59 Å². The van der Waals surface area contributed by atoms with E-state index in [0.29, 0.717) is 12.2 Å². The molecule has 0 heterocycles. The number of hydrogen-bond acceptors (Lipinski definition) is 2. The van der Waals surface area contributed by atoms with Gasteiger partial charge in [-0.2, -0.15) is 0 Å². The van der Waals surface area contributed by atoms with E-state index in [4.69, 9.17) is 0 Å². The Labute approximate surface area is 147 Å². The van der Waals surface area contributed by atoms with Gasteiger partial charge in [0.1, 0.15) is 0 Å². The summed E-state index contributed by atoms with van der Waals surface area (Å²) in [6.45, 7) is 2.77. The van der Waals surface area contributed by atoms with Crippen molar-refractivity contribution in [3.63, 3.8) is 0 Å². The summed E-state index contributed by atoms with van der Waals surface area (Å²) in [6, 6.07) is 7.16. The molecule has 5 heteroatoms. The van der Waals surface area contributed by atoms with Gasteiger partial charge in [-0.05, 0) is 24.6 Å². The van der Waals surface area contributed by atoms with E-state index in [1.807, 2.05) is 6.07 Å². The molecule has 0 aliphatic heterocycles. The fourth-order valence-electron chi connectivity index (χ4n) is 2.30. The summed E-state index contributed by atoms with van der Waals surface area (Å²) in [5, 5.41) is 5.25. The molecule has 0 radical (unpaired) electrons. The van der Waals surface area contributed by atoms with Crippen molar-refractivity contribution in [1.82, 2.24) is 5.32 Å². The first-order valence-electron chi connectivity index (χ1n) is 8.48. The first-order valence-corrected chi connectivity index (χ1v) is 9.27. The molecule has 0 saturated carbocycles. The summed E-state index contributed by atoms with van der Waals surface area (Å²) >= 11 is 3.32. The molecule has 0 atom stereocenters. The second kappa shape index (κ2) is 12.1. The Hall–Kier alpha value is -1.36. The standard InChI is InChI=1S/C18H27BrN2O2/c1-2-3-4-5-6-7-8-9-13-20-17(22)18(23)21-16-12-10-11-15(19)14-16/h10-12,14H,2-9,13H2,1H3,(H,20,22)(H,21,23). The van der Waals surface area contributed by atoms with Crippen LogP contribution in [0.2, 0.25) is 0 Å². The van der Waals surface area contributed by atoms with Crippen LogP contribution in [0.1, 0.15) is 58.3 Å². The first kappa shape index (κ1) is 19.7. The molecule has 0 unspecified atom stereocenters. The normalized spacial score (nSPS) is 10.3. The zero-order valence-corrected chi connectivity index (χ0v) is 15.5. The van der Waals surface area contributed by atoms with Crippen LogP contribution in [0.5, 0.6) is 0 Å². The van der Waals surface area contributed by atoms with Crippen molar-refractivity contribution in [3.05, 3.63) is 28.7 Å². The van der Waals surface area contributed by atoms with Crippen molar-refractivity contribution in [2.24, 2.45) is 0 Å². The number of nitrogens with one attached hydrogen (secondary N) is 2. The van der Waals surface area contributed by atoms with Crippen molar-refractivity contribution in [2.75, 3.05) is 11.9 Å². The molecule has 1 aromatic carbocycles. The lowest BCUT2D eigenvalue weighted by Gasteiger charge is -2.07. The van der Waals surface area contributed by atoms with E-state index >= 15 is 0 Å². The van der Waals surface area contributed by atoms with Gasteiger partial charge in [0.2, 0.25) is 0 Å². The van der Waals surface area contributed by atoms with Crippen LogP contribution in [0.15, 0.2) is 28.7 Å². The lowest BCUT2D eigenvalue weighted by atomic mass is 10.1. The van der Waals surface area contributed by atoms with Crippen molar-refractivity contribution in [2.45, 2.75) is 58.3 Å². The minimum atomic E-state index is -0.623. The lowest BCUT2D eigenvalue weighted by Crippen LogP contribution is -2.35. The summed E-state index contributed by atoms with van der Waals surface area (Å²) in [6.07, 6.45) is 9.69. The number of rotatable bonds is 10. The van der Waals surface area contributed by atoms with Gasteiger partial charge in [0.15, 0.2) is 0 Å². The summed E-state index contributed by atoms with van der Waals surface area (Å²) in [5.41, 5.74) is 0.603. The second-order valence-corrected chi connectivity index (χ2v) is 6.61. The molecule has 2 amide bonds. The molecule has 0 aromatic heterocycles. The van der Waals surface area contributed by atoms with E-state index in [2.05, 4.69) is 33.5 Å². The van der Waals surface area contributed by atoms with Crippen LogP contribution in [-0.2, 0) is 9.59 Å². The molecule has 0 saturated heterocycles. The molecule has 4 nitrogen and oxygen atoms in total. The number of carbonyl (C=O) groups excluding carboxylic acids is 2. The van der Waals surface area contributed by atoms with Gasteiger partial charge in [-0.25, -0.2) is 0 Å². The van der Waals surface area contributed by atoms with Crippen LogP contribution in [-0.4, -0.2) is 18.4 Å². The van der Waals surface area contributed by atoms with Gasteiger partial charge in [-0.3, -0.25) is 9.59 Å². The highest BCUT2D eigenvalue weighted by Crippen LogP contribution is 2.15. The van der Waals surface area contributed by atoms with Gasteiger partial charge in [0.25, 0.3) is 0 Å². The molecular weight excluding hydrogens is 356 g/mol. The number of benzene rings is 1. The second-order valence-electron chi connectivity index (χ2n) is 5.70. The van der Waals surface area contributed by atoms with E-state index < -0.39 is 11.8 Å². The Morgan fingerprint density at radius 1 is 0.957 bits per heavy atom. The maximum Gasteiger partial charge on any atom is 0.313 e. The fraction of sp³-hybridized carbons (Fsp3) is 0.556. The van der Waals surface area contributed by atoms with Crippen LogP contribution in [0.25, 0.3) is 0 Å². The van der Waals surface area contributed by atoms with E-state index in [-0.39, 0.29) is 0 Å². The molecule has 23 heavy (non-hydrogen) atoms.